The number of nitrogens with one attached hydrogen (secondary N) is 2. The fourth-order valence-electron chi connectivity index (χ4n) is 3.81. The number of nitrogens with zero attached hydrogens (tertiary/aromatic N) is 2. The van der Waals surface area contributed by atoms with E-state index in [9.17, 15) is 18.0 Å². The normalized spacial score (nSPS) is 15.4. The molecule has 2 N–H and O–H groups in total. The molecule has 3 heterocycles. The van der Waals surface area contributed by atoms with E-state index in [0.29, 0.717) is 16.3 Å². The monoisotopic (exact) mass is 526 g/mol. The van der Waals surface area contributed by atoms with Gasteiger partial charge in [0.05, 0.1) is 17.1 Å². The third kappa shape index (κ3) is 6.50. The van der Waals surface area contributed by atoms with Crippen molar-refractivity contribution < 1.29 is 18.0 Å². The molecule has 0 unspecified atom stereocenters. The molecule has 4 rings (SSSR count). The van der Waals surface area contributed by atoms with Crippen LogP contribution in [-0.2, 0) is 21.7 Å². The van der Waals surface area contributed by atoms with Gasteiger partial charge in [-0.25, -0.2) is 13.2 Å². The summed E-state index contributed by atoms with van der Waals surface area (Å²) in [6.45, 7) is 6.42. The third-order valence-electron chi connectivity index (χ3n) is 5.93. The summed E-state index contributed by atoms with van der Waals surface area (Å²) in [5, 5.41) is 6.12. The van der Waals surface area contributed by atoms with Crippen LogP contribution in [0.4, 0.5) is 15.5 Å². The Labute approximate surface area is 215 Å². The maximum Gasteiger partial charge on any atom is 0.324 e. The molecule has 1 aromatic carbocycles. The lowest BCUT2D eigenvalue weighted by Gasteiger charge is -2.26. The summed E-state index contributed by atoms with van der Waals surface area (Å²) < 4.78 is 23.6. The number of hydrogen-bond acceptors (Lipinski definition) is 6. The average molecular weight is 527 g/mol. The van der Waals surface area contributed by atoms with Crippen molar-refractivity contribution in [3.05, 3.63) is 76.4 Å². The van der Waals surface area contributed by atoms with Gasteiger partial charge >= 0.3 is 6.03 Å². The van der Waals surface area contributed by atoms with E-state index in [4.69, 9.17) is 0 Å². The summed E-state index contributed by atoms with van der Waals surface area (Å²) >= 11 is 1.36. The third-order valence-corrected chi connectivity index (χ3v) is 9.02. The van der Waals surface area contributed by atoms with Gasteiger partial charge in [0.1, 0.15) is 5.00 Å². The molecule has 8 nitrogen and oxygen atoms in total. The molecule has 0 saturated carbocycles. The highest BCUT2D eigenvalue weighted by molar-refractivity contribution is 7.91. The van der Waals surface area contributed by atoms with E-state index < -0.39 is 15.9 Å². The van der Waals surface area contributed by atoms with Crippen molar-refractivity contribution in [2.45, 2.75) is 32.6 Å². The molecular formula is C26H30N4O4S2. The number of anilines is 2. The molecule has 1 saturated heterocycles. The van der Waals surface area contributed by atoms with Crippen molar-refractivity contribution in [1.29, 1.82) is 0 Å². The summed E-state index contributed by atoms with van der Waals surface area (Å²) in [6, 6.07) is 12.9. The van der Waals surface area contributed by atoms with E-state index in [-0.39, 0.29) is 35.9 Å². The fourth-order valence-corrected chi connectivity index (χ4v) is 6.11. The van der Waals surface area contributed by atoms with Gasteiger partial charge < -0.3 is 10.2 Å². The zero-order valence-corrected chi connectivity index (χ0v) is 22.2. The lowest BCUT2D eigenvalue weighted by Crippen LogP contribution is -2.43. The van der Waals surface area contributed by atoms with Gasteiger partial charge in [0.2, 0.25) is 0 Å². The Bertz CT molecular complexity index is 1330. The van der Waals surface area contributed by atoms with Gasteiger partial charge in [-0.15, -0.1) is 11.3 Å². The zero-order chi connectivity index (χ0) is 25.9. The maximum absolute atomic E-state index is 13.3. The lowest BCUT2D eigenvalue weighted by molar-refractivity contribution is 0.0771. The largest absolute Gasteiger partial charge is 0.337 e. The SMILES string of the molecule is CC(C)(C)c1cc(C(=O)N2CCS(=O)(=O)CC2)c(NC(=O)Nc2ccc(Cc3ccncc3)cc2)s1. The molecule has 10 heteroatoms. The van der Waals surface area contributed by atoms with Crippen molar-refractivity contribution >= 4 is 43.8 Å². The zero-order valence-electron chi connectivity index (χ0n) is 20.6. The molecule has 3 aromatic rings. The Morgan fingerprint density at radius 1 is 0.972 bits per heavy atom. The molecule has 36 heavy (non-hydrogen) atoms. The second kappa shape index (κ2) is 10.4. The number of rotatable bonds is 5. The number of aromatic nitrogens is 1. The molecule has 1 fully saturated rings. The van der Waals surface area contributed by atoms with E-state index in [0.717, 1.165) is 22.4 Å². The van der Waals surface area contributed by atoms with E-state index in [2.05, 4.69) is 15.6 Å². The van der Waals surface area contributed by atoms with E-state index in [1.165, 1.54) is 11.3 Å². The molecule has 0 aliphatic carbocycles. The quantitative estimate of drug-likeness (QED) is 0.507. The van der Waals surface area contributed by atoms with Gasteiger partial charge in [0.15, 0.2) is 9.84 Å². The smallest absolute Gasteiger partial charge is 0.324 e. The molecule has 0 bridgehead atoms. The summed E-state index contributed by atoms with van der Waals surface area (Å²) in [4.78, 5) is 32.6. The summed E-state index contributed by atoms with van der Waals surface area (Å²) in [5.41, 5.74) is 3.06. The first-order valence-corrected chi connectivity index (χ1v) is 14.3. The Kier molecular flexibility index (Phi) is 7.46. The molecule has 1 aliphatic heterocycles. The predicted molar refractivity (Wildman–Crippen MR) is 144 cm³/mol. The number of carbonyl (C=O) groups excluding carboxylic acids is 2. The minimum atomic E-state index is -3.11. The first-order chi connectivity index (χ1) is 17.0. The summed E-state index contributed by atoms with van der Waals surface area (Å²) in [6.07, 6.45) is 4.29. The van der Waals surface area contributed by atoms with E-state index in [1.807, 2.05) is 57.2 Å². The molecule has 1 aliphatic rings. The standard InChI is InChI=1S/C26H30N4O4S2/c1-26(2,3)22-17-21(24(31)30-12-14-36(33,34)15-13-30)23(35-22)29-25(32)28-20-6-4-18(5-7-20)16-19-8-10-27-11-9-19/h4-11,17H,12-16H2,1-3H3,(H2,28,29,32). The average Bonchev–Trinajstić information content (AvgIpc) is 3.25. The minimum absolute atomic E-state index is 0.0462. The topological polar surface area (TPSA) is 108 Å². The number of hydrogen-bond donors (Lipinski definition) is 2. The number of pyridine rings is 1. The van der Waals surface area contributed by atoms with Gasteiger partial charge in [-0.1, -0.05) is 32.9 Å². The number of urea groups is 1. The van der Waals surface area contributed by atoms with Crippen molar-refractivity contribution in [3.8, 4) is 0 Å². The molecule has 190 valence electrons. The van der Waals surface area contributed by atoms with E-state index >= 15 is 0 Å². The van der Waals surface area contributed by atoms with Gasteiger partial charge in [0, 0.05) is 36.0 Å². The highest BCUT2D eigenvalue weighted by atomic mass is 32.2. The van der Waals surface area contributed by atoms with Gasteiger partial charge in [-0.3, -0.25) is 15.1 Å². The lowest BCUT2D eigenvalue weighted by atomic mass is 9.94. The van der Waals surface area contributed by atoms with E-state index in [1.54, 1.807) is 23.4 Å². The number of benzene rings is 1. The van der Waals surface area contributed by atoms with Crippen LogP contribution in [0.2, 0.25) is 0 Å². The van der Waals surface area contributed by atoms with Crippen molar-refractivity contribution in [3.63, 3.8) is 0 Å². The van der Waals surface area contributed by atoms with Crippen LogP contribution in [0.25, 0.3) is 0 Å². The fraction of sp³-hybridized carbons (Fsp3) is 0.346. The first kappa shape index (κ1) is 25.8. The highest BCUT2D eigenvalue weighted by Gasteiger charge is 2.30. The molecule has 3 amide bonds. The molecule has 0 spiro atoms. The van der Waals surface area contributed by atoms with Crippen LogP contribution in [0, 0.1) is 0 Å². The van der Waals surface area contributed by atoms with Crippen LogP contribution in [0.3, 0.4) is 0 Å². The molecule has 0 radical (unpaired) electrons. The van der Waals surface area contributed by atoms with Crippen molar-refractivity contribution in [2.75, 3.05) is 35.2 Å². The van der Waals surface area contributed by atoms with Crippen LogP contribution >= 0.6 is 11.3 Å². The van der Waals surface area contributed by atoms with Crippen LogP contribution < -0.4 is 10.6 Å². The van der Waals surface area contributed by atoms with Crippen LogP contribution in [-0.4, -0.2) is 54.8 Å². The highest BCUT2D eigenvalue weighted by Crippen LogP contribution is 2.37. The summed E-state index contributed by atoms with van der Waals surface area (Å²) in [7, 11) is -3.11. The maximum atomic E-state index is 13.3. The number of sulfone groups is 1. The van der Waals surface area contributed by atoms with Crippen LogP contribution in [0.1, 0.15) is 47.1 Å². The first-order valence-electron chi connectivity index (χ1n) is 11.7. The molecular weight excluding hydrogens is 496 g/mol. The Balaban J connectivity index is 1.46. The molecule has 0 atom stereocenters. The van der Waals surface area contributed by atoms with Gasteiger partial charge in [-0.2, -0.15) is 0 Å². The van der Waals surface area contributed by atoms with Gasteiger partial charge in [-0.05, 0) is 53.3 Å². The number of thiophene rings is 1. The van der Waals surface area contributed by atoms with Crippen molar-refractivity contribution in [1.82, 2.24) is 9.88 Å². The second-order valence-electron chi connectivity index (χ2n) is 9.86. The number of carbonyl (C=O) groups is 2. The summed E-state index contributed by atoms with van der Waals surface area (Å²) in [5.74, 6) is -0.363. The minimum Gasteiger partial charge on any atom is -0.337 e. The number of amides is 3. The Hall–Kier alpha value is -3.24. The molecule has 2 aromatic heterocycles. The van der Waals surface area contributed by atoms with Crippen molar-refractivity contribution in [2.24, 2.45) is 0 Å². The Morgan fingerprint density at radius 2 is 1.58 bits per heavy atom. The van der Waals surface area contributed by atoms with Crippen LogP contribution in [0.15, 0.2) is 54.9 Å². The second-order valence-corrected chi connectivity index (χ2v) is 13.2. The van der Waals surface area contributed by atoms with Crippen LogP contribution in [0.5, 0.6) is 0 Å². The Morgan fingerprint density at radius 3 is 2.19 bits per heavy atom. The van der Waals surface area contributed by atoms with Gasteiger partial charge in [0.25, 0.3) is 5.91 Å². The predicted octanol–water partition coefficient (Wildman–Crippen LogP) is 4.55.